The lowest BCUT2D eigenvalue weighted by Gasteiger charge is -2.04. The molecule has 6 aromatic rings. The van der Waals surface area contributed by atoms with Gasteiger partial charge in [0.25, 0.3) is 5.56 Å². The van der Waals surface area contributed by atoms with Crippen LogP contribution < -0.4 is 14.8 Å². The van der Waals surface area contributed by atoms with Gasteiger partial charge in [0.15, 0.2) is 5.76 Å². The second-order valence-electron chi connectivity index (χ2n) is 8.69. The molecule has 0 saturated heterocycles. The molecule has 36 heavy (non-hydrogen) atoms. The predicted molar refractivity (Wildman–Crippen MR) is 136 cm³/mol. The Balaban J connectivity index is 1.38. The first-order valence-corrected chi connectivity index (χ1v) is 12.3. The maximum atomic E-state index is 13.2. The number of nitrogens with zero attached hydrogens (tertiary/aromatic N) is 5. The molecule has 1 aliphatic rings. The standard InChI is InChI=1S/C27H19N5O3S/c1-16-12-18-13-17(9-10-21(18)35-16)24-19(15-31(29-24)20-6-3-2-4-7-20)14-23-26(33)32-27(36-23)28-25(30-32)22-8-5-11-34-22/h2-11,13-16H,12H2,1H3/b23-14-/t16-/m0/s1. The summed E-state index contributed by atoms with van der Waals surface area (Å²) in [7, 11) is 0. The van der Waals surface area contributed by atoms with E-state index in [1.807, 2.05) is 59.4 Å². The first kappa shape index (κ1) is 20.8. The maximum absolute atomic E-state index is 13.2. The highest BCUT2D eigenvalue weighted by Gasteiger charge is 2.21. The van der Waals surface area contributed by atoms with Crippen LogP contribution in [0.3, 0.4) is 0 Å². The molecule has 0 amide bonds. The molecule has 4 aromatic heterocycles. The zero-order valence-electron chi connectivity index (χ0n) is 19.2. The van der Waals surface area contributed by atoms with Crippen LogP contribution in [0.15, 0.2) is 82.3 Å². The largest absolute Gasteiger partial charge is 0.490 e. The van der Waals surface area contributed by atoms with Crippen LogP contribution in [0.4, 0.5) is 0 Å². The van der Waals surface area contributed by atoms with Crippen LogP contribution in [-0.2, 0) is 6.42 Å². The Kier molecular flexibility index (Phi) is 4.65. The van der Waals surface area contributed by atoms with Gasteiger partial charge in [-0.3, -0.25) is 4.79 Å². The van der Waals surface area contributed by atoms with Crippen molar-refractivity contribution in [1.82, 2.24) is 24.4 Å². The Morgan fingerprint density at radius 1 is 1.08 bits per heavy atom. The van der Waals surface area contributed by atoms with Crippen molar-refractivity contribution in [2.75, 3.05) is 0 Å². The second kappa shape index (κ2) is 8.03. The molecule has 2 aromatic carbocycles. The number of rotatable bonds is 4. The zero-order valence-corrected chi connectivity index (χ0v) is 20.0. The van der Waals surface area contributed by atoms with E-state index in [4.69, 9.17) is 14.3 Å². The minimum atomic E-state index is -0.227. The Hall–Kier alpha value is -4.50. The monoisotopic (exact) mass is 493 g/mol. The Morgan fingerprint density at radius 2 is 1.97 bits per heavy atom. The lowest BCUT2D eigenvalue weighted by atomic mass is 10.0. The summed E-state index contributed by atoms with van der Waals surface area (Å²) in [6.45, 7) is 2.07. The maximum Gasteiger partial charge on any atom is 0.291 e. The van der Waals surface area contributed by atoms with Gasteiger partial charge in [0.2, 0.25) is 10.8 Å². The van der Waals surface area contributed by atoms with E-state index in [0.717, 1.165) is 40.2 Å². The third-order valence-electron chi connectivity index (χ3n) is 6.14. The first-order chi connectivity index (χ1) is 17.6. The topological polar surface area (TPSA) is 87.5 Å². The van der Waals surface area contributed by atoms with Crippen molar-refractivity contribution in [2.45, 2.75) is 19.4 Å². The van der Waals surface area contributed by atoms with E-state index in [0.29, 0.717) is 21.1 Å². The highest BCUT2D eigenvalue weighted by Crippen LogP contribution is 2.34. The van der Waals surface area contributed by atoms with E-state index < -0.39 is 0 Å². The number of furan rings is 1. The van der Waals surface area contributed by atoms with Gasteiger partial charge in [0.1, 0.15) is 17.5 Å². The fraction of sp³-hybridized carbons (Fsp3) is 0.111. The van der Waals surface area contributed by atoms with Crippen LogP contribution in [0.1, 0.15) is 18.1 Å². The van der Waals surface area contributed by atoms with Gasteiger partial charge in [-0.1, -0.05) is 29.5 Å². The van der Waals surface area contributed by atoms with Crippen LogP contribution >= 0.6 is 11.3 Å². The average molecular weight is 494 g/mol. The van der Waals surface area contributed by atoms with Gasteiger partial charge in [-0.2, -0.15) is 14.6 Å². The molecule has 9 heteroatoms. The SMILES string of the molecule is C[C@H]1Cc2cc(-c3nn(-c4ccccc4)cc3/C=c3\sc4nc(-c5ccco5)nn4c3=O)ccc2O1. The Morgan fingerprint density at radius 3 is 2.78 bits per heavy atom. The molecular formula is C27H19N5O3S. The molecule has 0 radical (unpaired) electrons. The molecule has 0 spiro atoms. The van der Waals surface area contributed by atoms with Crippen LogP contribution in [0, 0.1) is 0 Å². The van der Waals surface area contributed by atoms with Crippen LogP contribution in [-0.4, -0.2) is 30.5 Å². The van der Waals surface area contributed by atoms with Crippen LogP contribution in [0.2, 0.25) is 0 Å². The highest BCUT2D eigenvalue weighted by atomic mass is 32.1. The van der Waals surface area contributed by atoms with E-state index in [9.17, 15) is 4.79 Å². The van der Waals surface area contributed by atoms with Gasteiger partial charge in [-0.25, -0.2) is 4.68 Å². The smallest absolute Gasteiger partial charge is 0.291 e. The van der Waals surface area contributed by atoms with Gasteiger partial charge < -0.3 is 9.15 Å². The molecular weight excluding hydrogens is 474 g/mol. The lowest BCUT2D eigenvalue weighted by Crippen LogP contribution is -2.23. The number of para-hydroxylation sites is 1. The number of thiazole rings is 1. The molecule has 1 atom stereocenters. The highest BCUT2D eigenvalue weighted by molar-refractivity contribution is 7.15. The quantitative estimate of drug-likeness (QED) is 0.367. The van der Waals surface area contributed by atoms with Gasteiger partial charge in [-0.05, 0) is 61.0 Å². The molecule has 176 valence electrons. The third kappa shape index (κ3) is 3.44. The molecule has 0 aliphatic carbocycles. The first-order valence-electron chi connectivity index (χ1n) is 11.5. The van der Waals surface area contributed by atoms with Gasteiger partial charge >= 0.3 is 0 Å². The van der Waals surface area contributed by atoms with Crippen molar-refractivity contribution in [3.63, 3.8) is 0 Å². The number of benzene rings is 2. The molecule has 7 rings (SSSR count). The summed E-state index contributed by atoms with van der Waals surface area (Å²) in [5.74, 6) is 1.83. The number of hydrogen-bond donors (Lipinski definition) is 0. The second-order valence-corrected chi connectivity index (χ2v) is 9.70. The summed E-state index contributed by atoms with van der Waals surface area (Å²) < 4.78 is 14.9. The zero-order chi connectivity index (χ0) is 24.2. The minimum absolute atomic E-state index is 0.159. The van der Waals surface area contributed by atoms with Crippen molar-refractivity contribution in [3.05, 3.63) is 99.1 Å². The molecule has 0 fully saturated rings. The fourth-order valence-corrected chi connectivity index (χ4v) is 5.38. The normalized spacial score (nSPS) is 15.5. The summed E-state index contributed by atoms with van der Waals surface area (Å²) in [5.41, 5.74) is 4.46. The summed E-state index contributed by atoms with van der Waals surface area (Å²) >= 11 is 1.29. The number of aromatic nitrogens is 5. The lowest BCUT2D eigenvalue weighted by molar-refractivity contribution is 0.254. The molecule has 0 saturated carbocycles. The third-order valence-corrected chi connectivity index (χ3v) is 7.10. The average Bonchev–Trinajstić information content (AvgIpc) is 3.70. The summed E-state index contributed by atoms with van der Waals surface area (Å²) in [5, 5.41) is 9.26. The molecule has 0 bridgehead atoms. The predicted octanol–water partition coefficient (Wildman–Crippen LogP) is 4.13. The van der Waals surface area contributed by atoms with Crippen molar-refractivity contribution in [3.8, 4) is 34.3 Å². The fourth-order valence-electron chi connectivity index (χ4n) is 4.48. The summed E-state index contributed by atoms with van der Waals surface area (Å²) in [6, 6.07) is 19.6. The number of fused-ring (bicyclic) bond motifs is 2. The van der Waals surface area contributed by atoms with Gasteiger partial charge in [0, 0.05) is 23.7 Å². The van der Waals surface area contributed by atoms with Crippen molar-refractivity contribution >= 4 is 22.4 Å². The number of ether oxygens (including phenoxy) is 1. The van der Waals surface area contributed by atoms with E-state index in [-0.39, 0.29) is 11.7 Å². The molecule has 8 nitrogen and oxygen atoms in total. The summed E-state index contributed by atoms with van der Waals surface area (Å²) in [4.78, 5) is 18.2. The van der Waals surface area contributed by atoms with E-state index in [2.05, 4.69) is 23.1 Å². The molecule has 0 N–H and O–H groups in total. The van der Waals surface area contributed by atoms with Crippen LogP contribution in [0.5, 0.6) is 5.75 Å². The van der Waals surface area contributed by atoms with Crippen LogP contribution in [0.25, 0.3) is 39.6 Å². The van der Waals surface area contributed by atoms with Gasteiger partial charge in [0.05, 0.1) is 16.5 Å². The Bertz CT molecular complexity index is 1830. The Labute approximate surface area is 208 Å². The van der Waals surface area contributed by atoms with Gasteiger partial charge in [-0.15, -0.1) is 5.10 Å². The van der Waals surface area contributed by atoms with E-state index >= 15 is 0 Å². The summed E-state index contributed by atoms with van der Waals surface area (Å²) in [6.07, 6.45) is 6.38. The molecule has 1 aliphatic heterocycles. The minimum Gasteiger partial charge on any atom is -0.490 e. The van der Waals surface area contributed by atoms with E-state index in [1.54, 1.807) is 18.4 Å². The van der Waals surface area contributed by atoms with Crippen molar-refractivity contribution in [1.29, 1.82) is 0 Å². The van der Waals surface area contributed by atoms with E-state index in [1.165, 1.54) is 15.9 Å². The molecule has 5 heterocycles. The van der Waals surface area contributed by atoms with Crippen molar-refractivity contribution in [2.24, 2.45) is 0 Å². The molecule has 0 unspecified atom stereocenters. The van der Waals surface area contributed by atoms with Crippen molar-refractivity contribution < 1.29 is 9.15 Å². The number of hydrogen-bond acceptors (Lipinski definition) is 7.